The molecular formula is C14H17F2NO2. The minimum atomic E-state index is -2.86. The molecule has 0 heterocycles. The van der Waals surface area contributed by atoms with Gasteiger partial charge in [-0.15, -0.1) is 0 Å². The zero-order chi connectivity index (χ0) is 13.7. The van der Waals surface area contributed by atoms with Crippen molar-refractivity contribution in [3.8, 4) is 11.5 Å². The summed E-state index contributed by atoms with van der Waals surface area (Å²) in [4.78, 5) is 0. The summed E-state index contributed by atoms with van der Waals surface area (Å²) in [5.41, 5.74) is 0.800. The van der Waals surface area contributed by atoms with Crippen LogP contribution in [-0.4, -0.2) is 26.3 Å². The summed E-state index contributed by atoms with van der Waals surface area (Å²) < 4.78 is 33.9. The average Bonchev–Trinajstić information content (AvgIpc) is 3.18. The molecule has 3 nitrogen and oxygen atoms in total. The van der Waals surface area contributed by atoms with Crippen LogP contribution in [0.15, 0.2) is 24.3 Å². The van der Waals surface area contributed by atoms with Gasteiger partial charge < -0.3 is 14.8 Å². The number of rotatable bonds is 7. The number of ether oxygens (including phenoxy) is 2. The molecule has 0 saturated heterocycles. The van der Waals surface area contributed by atoms with E-state index in [2.05, 4.69) is 10.1 Å². The molecule has 1 aliphatic rings. The number of methoxy groups -OCH3 is 1. The Morgan fingerprint density at radius 1 is 1.37 bits per heavy atom. The minimum Gasteiger partial charge on any atom is -0.493 e. The van der Waals surface area contributed by atoms with Gasteiger partial charge in [-0.25, -0.2) is 0 Å². The lowest BCUT2D eigenvalue weighted by molar-refractivity contribution is -0.0512. The third kappa shape index (κ3) is 4.52. The number of benzene rings is 1. The molecular weight excluding hydrogens is 252 g/mol. The van der Waals surface area contributed by atoms with Crippen molar-refractivity contribution in [2.75, 3.05) is 13.7 Å². The van der Waals surface area contributed by atoms with Crippen molar-refractivity contribution in [1.82, 2.24) is 5.32 Å². The van der Waals surface area contributed by atoms with Gasteiger partial charge in [0.15, 0.2) is 11.5 Å². The van der Waals surface area contributed by atoms with Crippen molar-refractivity contribution in [3.05, 3.63) is 29.8 Å². The van der Waals surface area contributed by atoms with Crippen LogP contribution in [0.5, 0.6) is 11.5 Å². The molecule has 0 bridgehead atoms. The second-order valence-corrected chi connectivity index (χ2v) is 4.37. The van der Waals surface area contributed by atoms with E-state index >= 15 is 0 Å². The number of hydrogen-bond acceptors (Lipinski definition) is 3. The van der Waals surface area contributed by atoms with E-state index in [4.69, 9.17) is 4.74 Å². The van der Waals surface area contributed by atoms with E-state index in [1.54, 1.807) is 18.2 Å². The molecule has 1 fully saturated rings. The Hall–Kier alpha value is -1.62. The van der Waals surface area contributed by atoms with Gasteiger partial charge in [-0.05, 0) is 30.5 Å². The normalized spacial score (nSPS) is 15.2. The van der Waals surface area contributed by atoms with Gasteiger partial charge in [-0.3, -0.25) is 0 Å². The van der Waals surface area contributed by atoms with Crippen LogP contribution < -0.4 is 14.8 Å². The molecule has 0 atom stereocenters. The topological polar surface area (TPSA) is 30.5 Å². The maximum absolute atomic E-state index is 12.3. The lowest BCUT2D eigenvalue weighted by Crippen LogP contribution is -2.15. The first-order valence-corrected chi connectivity index (χ1v) is 6.22. The lowest BCUT2D eigenvalue weighted by Gasteiger charge is -2.10. The Balaban J connectivity index is 1.98. The fourth-order valence-corrected chi connectivity index (χ4v) is 1.70. The quantitative estimate of drug-likeness (QED) is 0.825. The molecule has 0 radical (unpaired) electrons. The van der Waals surface area contributed by atoms with E-state index in [9.17, 15) is 8.78 Å². The van der Waals surface area contributed by atoms with Crippen LogP contribution in [0.3, 0.4) is 0 Å². The summed E-state index contributed by atoms with van der Waals surface area (Å²) >= 11 is 0. The fraction of sp³-hybridized carbons (Fsp3) is 0.429. The zero-order valence-corrected chi connectivity index (χ0v) is 10.7. The highest BCUT2D eigenvalue weighted by Gasteiger charge is 2.18. The van der Waals surface area contributed by atoms with Crippen molar-refractivity contribution in [2.45, 2.75) is 25.5 Å². The highest BCUT2D eigenvalue weighted by molar-refractivity contribution is 5.56. The Morgan fingerprint density at radius 2 is 2.16 bits per heavy atom. The summed E-state index contributed by atoms with van der Waals surface area (Å²) in [5, 5.41) is 3.33. The van der Waals surface area contributed by atoms with Gasteiger partial charge in [-0.1, -0.05) is 18.2 Å². The number of nitrogens with one attached hydrogen (secondary N) is 1. The van der Waals surface area contributed by atoms with E-state index in [0.717, 1.165) is 12.1 Å². The minimum absolute atomic E-state index is 0.0507. The molecule has 1 saturated carbocycles. The van der Waals surface area contributed by atoms with Gasteiger partial charge in [0.1, 0.15) is 0 Å². The molecule has 0 spiro atoms. The molecule has 5 heteroatoms. The SMILES string of the molecule is COc1ccc(C=CCNC2CC2)cc1OC(F)F. The number of alkyl halides is 2. The third-order valence-corrected chi connectivity index (χ3v) is 2.82. The Morgan fingerprint density at radius 3 is 2.79 bits per heavy atom. The predicted molar refractivity (Wildman–Crippen MR) is 69.7 cm³/mol. The number of hydrogen-bond donors (Lipinski definition) is 1. The van der Waals surface area contributed by atoms with Crippen LogP contribution in [0.1, 0.15) is 18.4 Å². The second-order valence-electron chi connectivity index (χ2n) is 4.37. The summed E-state index contributed by atoms with van der Waals surface area (Å²) in [6.45, 7) is -2.08. The Labute approximate surface area is 111 Å². The Kier molecular flexibility index (Phi) is 4.74. The van der Waals surface area contributed by atoms with Crippen molar-refractivity contribution in [2.24, 2.45) is 0 Å². The second kappa shape index (κ2) is 6.52. The van der Waals surface area contributed by atoms with Gasteiger partial charge >= 0.3 is 6.61 Å². The maximum Gasteiger partial charge on any atom is 0.387 e. The van der Waals surface area contributed by atoms with Gasteiger partial charge in [0.05, 0.1) is 7.11 Å². The largest absolute Gasteiger partial charge is 0.493 e. The summed E-state index contributed by atoms with van der Waals surface area (Å²) in [5.74, 6) is 0.350. The molecule has 0 amide bonds. The van der Waals surface area contributed by atoms with Crippen LogP contribution in [0.4, 0.5) is 8.78 Å². The highest BCUT2D eigenvalue weighted by Crippen LogP contribution is 2.29. The van der Waals surface area contributed by atoms with Crippen LogP contribution in [0, 0.1) is 0 Å². The molecule has 0 aromatic heterocycles. The van der Waals surface area contributed by atoms with Gasteiger partial charge in [0.2, 0.25) is 0 Å². The van der Waals surface area contributed by atoms with Gasteiger partial charge in [0, 0.05) is 12.6 Å². The van der Waals surface area contributed by atoms with E-state index in [1.165, 1.54) is 20.0 Å². The van der Waals surface area contributed by atoms with Crippen molar-refractivity contribution in [1.29, 1.82) is 0 Å². The van der Waals surface area contributed by atoms with Crippen molar-refractivity contribution < 1.29 is 18.3 Å². The summed E-state index contributed by atoms with van der Waals surface area (Å²) in [6.07, 6.45) is 6.31. The van der Waals surface area contributed by atoms with E-state index in [1.807, 2.05) is 12.2 Å². The zero-order valence-electron chi connectivity index (χ0n) is 10.7. The molecule has 1 aromatic rings. The monoisotopic (exact) mass is 269 g/mol. The predicted octanol–water partition coefficient (Wildman–Crippen LogP) is 3.06. The fourth-order valence-electron chi connectivity index (χ4n) is 1.70. The number of halogens is 2. The molecule has 19 heavy (non-hydrogen) atoms. The molecule has 2 rings (SSSR count). The van der Waals surface area contributed by atoms with E-state index < -0.39 is 6.61 Å². The van der Waals surface area contributed by atoms with Gasteiger partial charge in [0.25, 0.3) is 0 Å². The molecule has 104 valence electrons. The van der Waals surface area contributed by atoms with Crippen molar-refractivity contribution in [3.63, 3.8) is 0 Å². The maximum atomic E-state index is 12.3. The summed E-state index contributed by atoms with van der Waals surface area (Å²) in [6, 6.07) is 5.60. The van der Waals surface area contributed by atoms with E-state index in [-0.39, 0.29) is 5.75 Å². The first-order valence-electron chi connectivity index (χ1n) is 6.22. The average molecular weight is 269 g/mol. The van der Waals surface area contributed by atoms with Crippen LogP contribution in [0.2, 0.25) is 0 Å². The smallest absolute Gasteiger partial charge is 0.387 e. The standard InChI is InChI=1S/C14H17F2NO2/c1-18-12-7-4-10(9-13(12)19-14(15)16)3-2-8-17-11-5-6-11/h2-4,7,9,11,14,17H,5-6,8H2,1H3. The molecule has 0 unspecified atom stereocenters. The van der Waals surface area contributed by atoms with Crippen LogP contribution in [0.25, 0.3) is 6.08 Å². The van der Waals surface area contributed by atoms with Crippen molar-refractivity contribution >= 4 is 6.08 Å². The molecule has 0 aliphatic heterocycles. The molecule has 1 aromatic carbocycles. The molecule has 1 N–H and O–H groups in total. The van der Waals surface area contributed by atoms with Crippen LogP contribution in [-0.2, 0) is 0 Å². The first kappa shape index (κ1) is 13.8. The molecule has 1 aliphatic carbocycles. The first-order chi connectivity index (χ1) is 9.19. The van der Waals surface area contributed by atoms with E-state index in [0.29, 0.717) is 11.8 Å². The lowest BCUT2D eigenvalue weighted by atomic mass is 10.2. The van der Waals surface area contributed by atoms with Crippen LogP contribution >= 0.6 is 0 Å². The Bertz CT molecular complexity index is 445. The summed E-state index contributed by atoms with van der Waals surface area (Å²) in [7, 11) is 1.42. The van der Waals surface area contributed by atoms with Gasteiger partial charge in [-0.2, -0.15) is 8.78 Å². The highest BCUT2D eigenvalue weighted by atomic mass is 19.3. The third-order valence-electron chi connectivity index (χ3n) is 2.82.